The highest BCUT2D eigenvalue weighted by molar-refractivity contribution is 9.10. The zero-order chi connectivity index (χ0) is 16.1. The van der Waals surface area contributed by atoms with Gasteiger partial charge in [0.2, 0.25) is 11.1 Å². The molecule has 8 heteroatoms. The van der Waals surface area contributed by atoms with Crippen LogP contribution in [0, 0.1) is 0 Å². The molecule has 0 saturated heterocycles. The number of nitrogens with zero attached hydrogens (tertiary/aromatic N) is 3. The van der Waals surface area contributed by atoms with Gasteiger partial charge < -0.3 is 11.2 Å². The normalized spacial score (nSPS) is 11.9. The first-order valence-corrected chi connectivity index (χ1v) is 8.22. The van der Waals surface area contributed by atoms with Gasteiger partial charge in [-0.15, -0.1) is 16.8 Å². The summed E-state index contributed by atoms with van der Waals surface area (Å²) < 4.78 is 2.32. The number of nitrogens with one attached hydrogen (secondary N) is 1. The highest BCUT2D eigenvalue weighted by atomic mass is 79.9. The Hall–Kier alpha value is -1.80. The molecule has 1 aromatic carbocycles. The summed E-state index contributed by atoms with van der Waals surface area (Å²) >= 11 is 4.66. The molecule has 0 bridgehead atoms. The second kappa shape index (κ2) is 7.46. The van der Waals surface area contributed by atoms with Gasteiger partial charge in [0, 0.05) is 16.6 Å². The van der Waals surface area contributed by atoms with E-state index in [2.05, 4.69) is 38.0 Å². The van der Waals surface area contributed by atoms with E-state index in [4.69, 9.17) is 5.84 Å². The predicted molar refractivity (Wildman–Crippen MR) is 91.8 cm³/mol. The summed E-state index contributed by atoms with van der Waals surface area (Å²) in [5, 5.41) is 11.0. The van der Waals surface area contributed by atoms with Gasteiger partial charge in [-0.05, 0) is 19.1 Å². The maximum absolute atomic E-state index is 11.9. The number of nitrogen functional groups attached to an aromatic ring is 1. The Balaban J connectivity index is 2.14. The van der Waals surface area contributed by atoms with E-state index in [1.54, 1.807) is 13.0 Å². The molecular weight excluding hydrogens is 366 g/mol. The molecule has 0 aliphatic carbocycles. The molecule has 0 aliphatic heterocycles. The largest absolute Gasteiger partial charge is 0.352 e. The number of nitrogens with two attached hydrogens (primary N) is 1. The number of carbonyl (C=O) groups excluding carboxylic acids is 1. The molecule has 0 aliphatic rings. The van der Waals surface area contributed by atoms with Crippen molar-refractivity contribution in [2.45, 2.75) is 17.3 Å². The third-order valence-electron chi connectivity index (χ3n) is 2.82. The molecule has 0 saturated carbocycles. The van der Waals surface area contributed by atoms with E-state index in [1.165, 1.54) is 16.4 Å². The maximum Gasteiger partial charge on any atom is 0.233 e. The number of carbonyl (C=O) groups is 1. The van der Waals surface area contributed by atoms with Crippen molar-refractivity contribution < 1.29 is 4.79 Å². The van der Waals surface area contributed by atoms with Gasteiger partial charge in [0.05, 0.1) is 5.25 Å². The molecule has 0 fully saturated rings. The van der Waals surface area contributed by atoms with Gasteiger partial charge in [0.15, 0.2) is 5.82 Å². The van der Waals surface area contributed by atoms with Crippen LogP contribution in [0.2, 0.25) is 0 Å². The van der Waals surface area contributed by atoms with Crippen molar-refractivity contribution in [3.63, 3.8) is 0 Å². The summed E-state index contributed by atoms with van der Waals surface area (Å²) in [6.45, 7) is 5.78. The van der Waals surface area contributed by atoms with Gasteiger partial charge in [-0.2, -0.15) is 0 Å². The van der Waals surface area contributed by atoms with E-state index in [0.717, 1.165) is 10.0 Å². The Morgan fingerprint density at radius 3 is 3.05 bits per heavy atom. The molecule has 1 aromatic heterocycles. The van der Waals surface area contributed by atoms with Crippen LogP contribution in [0.3, 0.4) is 0 Å². The van der Waals surface area contributed by atoms with E-state index in [1.807, 2.05) is 24.3 Å². The summed E-state index contributed by atoms with van der Waals surface area (Å²) in [5.41, 5.74) is 0.847. The molecule has 0 radical (unpaired) electrons. The minimum Gasteiger partial charge on any atom is -0.352 e. The predicted octanol–water partition coefficient (Wildman–Crippen LogP) is 2.20. The van der Waals surface area contributed by atoms with Crippen LogP contribution in [0.25, 0.3) is 11.4 Å². The van der Waals surface area contributed by atoms with Crippen LogP contribution in [-0.2, 0) is 4.79 Å². The van der Waals surface area contributed by atoms with Crippen molar-refractivity contribution in [2.24, 2.45) is 0 Å². The highest BCUT2D eigenvalue weighted by Gasteiger charge is 2.19. The van der Waals surface area contributed by atoms with E-state index >= 15 is 0 Å². The number of hydrogen-bond acceptors (Lipinski definition) is 5. The number of hydrogen-bond donors (Lipinski definition) is 2. The van der Waals surface area contributed by atoms with E-state index < -0.39 is 0 Å². The molecule has 1 amide bonds. The smallest absolute Gasteiger partial charge is 0.233 e. The highest BCUT2D eigenvalue weighted by Crippen LogP contribution is 2.26. The van der Waals surface area contributed by atoms with Crippen molar-refractivity contribution in [2.75, 3.05) is 12.4 Å². The summed E-state index contributed by atoms with van der Waals surface area (Å²) in [5.74, 6) is 6.49. The van der Waals surface area contributed by atoms with Gasteiger partial charge in [0.25, 0.3) is 0 Å². The van der Waals surface area contributed by atoms with Crippen LogP contribution in [0.4, 0.5) is 0 Å². The number of rotatable bonds is 6. The fourth-order valence-corrected chi connectivity index (χ4v) is 2.90. The zero-order valence-electron chi connectivity index (χ0n) is 12.0. The first kappa shape index (κ1) is 16.6. The Morgan fingerprint density at radius 2 is 2.36 bits per heavy atom. The molecule has 1 heterocycles. The van der Waals surface area contributed by atoms with Gasteiger partial charge in [-0.1, -0.05) is 45.9 Å². The second-order valence-electron chi connectivity index (χ2n) is 4.48. The molecule has 116 valence electrons. The fourth-order valence-electron chi connectivity index (χ4n) is 1.71. The summed E-state index contributed by atoms with van der Waals surface area (Å²) in [7, 11) is 0. The monoisotopic (exact) mass is 381 g/mol. The minimum absolute atomic E-state index is 0.100. The number of halogens is 1. The Labute approximate surface area is 141 Å². The lowest BCUT2D eigenvalue weighted by Crippen LogP contribution is -2.31. The molecule has 1 atom stereocenters. The lowest BCUT2D eigenvalue weighted by molar-refractivity contribution is -0.120. The van der Waals surface area contributed by atoms with Gasteiger partial charge >= 0.3 is 0 Å². The first-order valence-electron chi connectivity index (χ1n) is 6.54. The Morgan fingerprint density at radius 1 is 1.59 bits per heavy atom. The molecule has 0 spiro atoms. The van der Waals surface area contributed by atoms with Crippen molar-refractivity contribution >= 4 is 33.6 Å². The Kier molecular flexibility index (Phi) is 5.62. The molecule has 3 N–H and O–H groups in total. The molecule has 2 aromatic rings. The SMILES string of the molecule is C=CCNC(=O)[C@H](C)Sc1nnc(-c2cccc(Br)c2)n1N. The van der Waals surface area contributed by atoms with Gasteiger partial charge in [0.1, 0.15) is 0 Å². The summed E-state index contributed by atoms with van der Waals surface area (Å²) in [4.78, 5) is 11.9. The van der Waals surface area contributed by atoms with Crippen molar-refractivity contribution in [1.82, 2.24) is 20.2 Å². The minimum atomic E-state index is -0.332. The zero-order valence-corrected chi connectivity index (χ0v) is 14.4. The Bertz CT molecular complexity index is 688. The lowest BCUT2D eigenvalue weighted by atomic mass is 10.2. The maximum atomic E-state index is 11.9. The third-order valence-corrected chi connectivity index (χ3v) is 4.37. The van der Waals surface area contributed by atoms with Crippen LogP contribution in [-0.4, -0.2) is 32.6 Å². The van der Waals surface area contributed by atoms with E-state index in [9.17, 15) is 4.79 Å². The third kappa shape index (κ3) is 3.89. The standard InChI is InChI=1S/C14H16BrN5OS/c1-3-7-17-13(21)9(2)22-14-19-18-12(20(14)16)10-5-4-6-11(15)8-10/h3-6,8-9H,1,7,16H2,2H3,(H,17,21)/t9-/m0/s1. The number of benzene rings is 1. The van der Waals surface area contributed by atoms with E-state index in [-0.39, 0.29) is 11.2 Å². The lowest BCUT2D eigenvalue weighted by Gasteiger charge is -2.10. The number of amides is 1. The molecular formula is C14H16BrN5OS. The van der Waals surface area contributed by atoms with Crippen LogP contribution >= 0.6 is 27.7 Å². The molecule has 6 nitrogen and oxygen atoms in total. The van der Waals surface area contributed by atoms with Crippen LogP contribution in [0.5, 0.6) is 0 Å². The number of thioether (sulfide) groups is 1. The van der Waals surface area contributed by atoms with Crippen molar-refractivity contribution in [3.8, 4) is 11.4 Å². The van der Waals surface area contributed by atoms with Crippen molar-refractivity contribution in [3.05, 3.63) is 41.4 Å². The number of aromatic nitrogens is 3. The van der Waals surface area contributed by atoms with E-state index in [0.29, 0.717) is 17.5 Å². The summed E-state index contributed by atoms with van der Waals surface area (Å²) in [6.07, 6.45) is 1.63. The van der Waals surface area contributed by atoms with Gasteiger partial charge in [-0.25, -0.2) is 4.68 Å². The van der Waals surface area contributed by atoms with Crippen molar-refractivity contribution in [1.29, 1.82) is 0 Å². The topological polar surface area (TPSA) is 85.8 Å². The molecule has 22 heavy (non-hydrogen) atoms. The molecule has 2 rings (SSSR count). The second-order valence-corrected chi connectivity index (χ2v) is 6.70. The van der Waals surface area contributed by atoms with Crippen LogP contribution in [0.15, 0.2) is 46.5 Å². The average molecular weight is 382 g/mol. The first-order chi connectivity index (χ1) is 10.5. The van der Waals surface area contributed by atoms with Crippen LogP contribution in [0.1, 0.15) is 6.92 Å². The van der Waals surface area contributed by atoms with Crippen LogP contribution < -0.4 is 11.2 Å². The van der Waals surface area contributed by atoms with Gasteiger partial charge in [-0.3, -0.25) is 4.79 Å². The fraction of sp³-hybridized carbons (Fsp3) is 0.214. The average Bonchev–Trinajstić information content (AvgIpc) is 2.86. The summed E-state index contributed by atoms with van der Waals surface area (Å²) in [6, 6.07) is 7.61. The quantitative estimate of drug-likeness (QED) is 0.455. The molecule has 0 unspecified atom stereocenters.